The summed E-state index contributed by atoms with van der Waals surface area (Å²) in [4.78, 5) is 43.5. The summed E-state index contributed by atoms with van der Waals surface area (Å²) in [6.45, 7) is 11.3. The Hall–Kier alpha value is -1.91. The Morgan fingerprint density at radius 2 is 2.03 bits per heavy atom. The smallest absolute Gasteiger partial charge is 0.321 e. The molecule has 2 aromatic heterocycles. The first kappa shape index (κ1) is 23.4. The van der Waals surface area contributed by atoms with Crippen LogP contribution in [0.1, 0.15) is 37.6 Å². The minimum absolute atomic E-state index is 0.104. The van der Waals surface area contributed by atoms with E-state index in [2.05, 4.69) is 15.6 Å². The van der Waals surface area contributed by atoms with Gasteiger partial charge in [-0.05, 0) is 46.6 Å². The molecule has 0 spiro atoms. The maximum Gasteiger partial charge on any atom is 0.321 e. The van der Waals surface area contributed by atoms with Crippen molar-refractivity contribution in [2.24, 2.45) is 0 Å². The molecule has 2 N–H and O–H groups in total. The van der Waals surface area contributed by atoms with Gasteiger partial charge in [-0.2, -0.15) is 0 Å². The second-order valence-electron chi connectivity index (χ2n) is 6.47. The van der Waals surface area contributed by atoms with Crippen LogP contribution in [-0.4, -0.2) is 46.5 Å². The highest BCUT2D eigenvalue weighted by atomic mass is 32.2. The van der Waals surface area contributed by atoms with Crippen LogP contribution in [0.5, 0.6) is 0 Å². The maximum absolute atomic E-state index is 13.2. The Morgan fingerprint density at radius 3 is 2.69 bits per heavy atom. The summed E-state index contributed by atoms with van der Waals surface area (Å²) >= 11 is 2.65. The Kier molecular flexibility index (Phi) is 8.66. The van der Waals surface area contributed by atoms with Crippen molar-refractivity contribution >= 4 is 45.3 Å². The molecule has 160 valence electrons. The number of hydrogen-bond donors (Lipinski definition) is 2. The number of nitrogens with zero attached hydrogens (tertiary/aromatic N) is 2. The normalized spacial score (nSPS) is 12.2. The van der Waals surface area contributed by atoms with Gasteiger partial charge in [-0.1, -0.05) is 11.8 Å². The topological polar surface area (TPSA) is 102 Å². The number of nitrogens with one attached hydrogen (secondary N) is 2. The summed E-state index contributed by atoms with van der Waals surface area (Å²) in [5.74, 6) is -0.435. The van der Waals surface area contributed by atoms with Crippen LogP contribution in [-0.2, 0) is 16.1 Å². The fourth-order valence-electron chi connectivity index (χ4n) is 2.69. The zero-order valence-electron chi connectivity index (χ0n) is 17.5. The van der Waals surface area contributed by atoms with Gasteiger partial charge in [0, 0.05) is 31.2 Å². The monoisotopic (exact) mass is 440 g/mol. The summed E-state index contributed by atoms with van der Waals surface area (Å²) in [7, 11) is 0. The summed E-state index contributed by atoms with van der Waals surface area (Å²) in [6.07, 6.45) is 0.663. The average Bonchev–Trinajstić information content (AvgIpc) is 2.94. The fourth-order valence-corrected chi connectivity index (χ4v) is 4.70. The number of carbonyl (C=O) groups excluding carboxylic acids is 2. The van der Waals surface area contributed by atoms with Gasteiger partial charge in [0.05, 0.1) is 10.6 Å². The predicted octanol–water partition coefficient (Wildman–Crippen LogP) is 2.83. The van der Waals surface area contributed by atoms with Crippen LogP contribution < -0.4 is 16.2 Å². The number of carbonyl (C=O) groups is 2. The van der Waals surface area contributed by atoms with E-state index in [-0.39, 0.29) is 5.56 Å². The number of aryl methyl sites for hydroxylation is 2. The Labute approximate surface area is 178 Å². The first-order valence-electron chi connectivity index (χ1n) is 9.63. The third kappa shape index (κ3) is 5.80. The van der Waals surface area contributed by atoms with E-state index in [1.165, 1.54) is 23.1 Å². The van der Waals surface area contributed by atoms with E-state index in [4.69, 9.17) is 4.74 Å². The second-order valence-corrected chi connectivity index (χ2v) is 8.98. The standard InChI is InChI=1S/C19H28N4O4S2/c1-6-20-18(26)21-15(24)13(5)29-19-22-16-14(11(3)12(4)28-16)17(25)23(19)9-8-10-27-7-2/h13H,6-10H2,1-5H3,(H2,20,21,24,26)/t13-/m1/s1. The van der Waals surface area contributed by atoms with Crippen molar-refractivity contribution in [2.45, 2.75) is 58.0 Å². The van der Waals surface area contributed by atoms with Gasteiger partial charge in [0.2, 0.25) is 5.91 Å². The Morgan fingerprint density at radius 1 is 1.31 bits per heavy atom. The van der Waals surface area contributed by atoms with E-state index in [0.717, 1.165) is 10.4 Å². The highest BCUT2D eigenvalue weighted by Crippen LogP contribution is 2.29. The van der Waals surface area contributed by atoms with Crippen LogP contribution in [0.2, 0.25) is 0 Å². The molecule has 8 nitrogen and oxygen atoms in total. The van der Waals surface area contributed by atoms with Crippen molar-refractivity contribution < 1.29 is 14.3 Å². The molecule has 0 aliphatic heterocycles. The lowest BCUT2D eigenvalue weighted by molar-refractivity contribution is -0.119. The molecule has 29 heavy (non-hydrogen) atoms. The van der Waals surface area contributed by atoms with Crippen LogP contribution in [0.25, 0.3) is 10.2 Å². The van der Waals surface area contributed by atoms with E-state index >= 15 is 0 Å². The van der Waals surface area contributed by atoms with Gasteiger partial charge >= 0.3 is 6.03 Å². The number of rotatable bonds is 9. The molecule has 2 aromatic rings. The molecule has 0 unspecified atom stereocenters. The molecule has 0 aromatic carbocycles. The molecule has 0 aliphatic carbocycles. The number of imide groups is 1. The lowest BCUT2D eigenvalue weighted by Gasteiger charge is -2.15. The maximum atomic E-state index is 13.2. The summed E-state index contributed by atoms with van der Waals surface area (Å²) < 4.78 is 7.00. The minimum Gasteiger partial charge on any atom is -0.382 e. The molecule has 0 bridgehead atoms. The molecule has 0 radical (unpaired) electrons. The number of aromatic nitrogens is 2. The van der Waals surface area contributed by atoms with E-state index in [1.807, 2.05) is 20.8 Å². The van der Waals surface area contributed by atoms with Crippen molar-refractivity contribution in [1.82, 2.24) is 20.2 Å². The highest BCUT2D eigenvalue weighted by molar-refractivity contribution is 8.00. The largest absolute Gasteiger partial charge is 0.382 e. The first-order chi connectivity index (χ1) is 13.8. The number of fused-ring (bicyclic) bond motifs is 1. The molecule has 3 amide bonds. The van der Waals surface area contributed by atoms with Gasteiger partial charge in [0.15, 0.2) is 5.16 Å². The van der Waals surface area contributed by atoms with Crippen LogP contribution >= 0.6 is 23.1 Å². The van der Waals surface area contributed by atoms with Gasteiger partial charge in [-0.15, -0.1) is 11.3 Å². The second kappa shape index (κ2) is 10.7. The molecule has 0 saturated carbocycles. The van der Waals surface area contributed by atoms with Crippen LogP contribution in [0.3, 0.4) is 0 Å². The molecular formula is C19H28N4O4S2. The molecule has 0 aliphatic rings. The number of thioether (sulfide) groups is 1. The van der Waals surface area contributed by atoms with Gasteiger partial charge in [-0.25, -0.2) is 9.78 Å². The lowest BCUT2D eigenvalue weighted by Crippen LogP contribution is -2.42. The van der Waals surface area contributed by atoms with Gasteiger partial charge in [-0.3, -0.25) is 19.5 Å². The van der Waals surface area contributed by atoms with Crippen molar-refractivity contribution in [3.63, 3.8) is 0 Å². The summed E-state index contributed by atoms with van der Waals surface area (Å²) in [5, 5.41) is 5.34. The number of ether oxygens (including phenoxy) is 1. The molecule has 2 heterocycles. The van der Waals surface area contributed by atoms with Crippen molar-refractivity contribution in [2.75, 3.05) is 19.8 Å². The van der Waals surface area contributed by atoms with Crippen LogP contribution in [0.15, 0.2) is 9.95 Å². The number of hydrogen-bond acceptors (Lipinski definition) is 7. The SMILES string of the molecule is CCNC(=O)NC(=O)[C@@H](C)Sc1nc2sc(C)c(C)c2c(=O)n1CCCOCC. The zero-order valence-corrected chi connectivity index (χ0v) is 19.1. The molecule has 10 heteroatoms. The van der Waals surface area contributed by atoms with Crippen molar-refractivity contribution in [1.29, 1.82) is 0 Å². The summed E-state index contributed by atoms with van der Waals surface area (Å²) in [5.41, 5.74) is 0.840. The van der Waals surface area contributed by atoms with E-state index in [0.29, 0.717) is 48.1 Å². The molecule has 1 atom stereocenters. The predicted molar refractivity (Wildman–Crippen MR) is 117 cm³/mol. The number of amides is 3. The van der Waals surface area contributed by atoms with E-state index < -0.39 is 17.2 Å². The Bertz CT molecular complexity index is 938. The average molecular weight is 441 g/mol. The molecule has 2 rings (SSSR count). The van der Waals surface area contributed by atoms with Crippen LogP contribution in [0.4, 0.5) is 4.79 Å². The van der Waals surface area contributed by atoms with Crippen molar-refractivity contribution in [3.05, 3.63) is 20.8 Å². The van der Waals surface area contributed by atoms with Gasteiger partial charge in [0.25, 0.3) is 5.56 Å². The van der Waals surface area contributed by atoms with Crippen molar-refractivity contribution in [3.8, 4) is 0 Å². The highest BCUT2D eigenvalue weighted by Gasteiger charge is 2.22. The number of thiophene rings is 1. The lowest BCUT2D eigenvalue weighted by atomic mass is 10.2. The zero-order chi connectivity index (χ0) is 21.6. The van der Waals surface area contributed by atoms with E-state index in [9.17, 15) is 14.4 Å². The molecule has 0 fully saturated rings. The first-order valence-corrected chi connectivity index (χ1v) is 11.3. The van der Waals surface area contributed by atoms with Crippen LogP contribution in [0, 0.1) is 13.8 Å². The molecule has 0 saturated heterocycles. The molecular weight excluding hydrogens is 412 g/mol. The number of urea groups is 1. The third-order valence-electron chi connectivity index (χ3n) is 4.35. The third-order valence-corrected chi connectivity index (χ3v) is 6.55. The minimum atomic E-state index is -0.595. The Balaban J connectivity index is 2.33. The van der Waals surface area contributed by atoms with Gasteiger partial charge in [0.1, 0.15) is 4.83 Å². The van der Waals surface area contributed by atoms with Gasteiger partial charge < -0.3 is 10.1 Å². The van der Waals surface area contributed by atoms with E-state index in [1.54, 1.807) is 18.4 Å². The quantitative estimate of drug-likeness (QED) is 0.353. The fraction of sp³-hybridized carbons (Fsp3) is 0.579. The summed E-state index contributed by atoms with van der Waals surface area (Å²) in [6, 6.07) is -0.535.